The minimum atomic E-state index is 0. The molecule has 0 heterocycles. The summed E-state index contributed by atoms with van der Waals surface area (Å²) in [5.74, 6) is 0. The molecule has 0 spiro atoms. The average Bonchev–Trinajstić information content (AvgIpc) is 0.918. The third-order valence-corrected chi connectivity index (χ3v) is 0. The van der Waals surface area contributed by atoms with Gasteiger partial charge in [-0.1, -0.05) is 0 Å². The van der Waals surface area contributed by atoms with E-state index in [0.717, 1.165) is 0 Å². The van der Waals surface area contributed by atoms with Gasteiger partial charge in [-0.15, -0.1) is 49.6 Å². The van der Waals surface area contributed by atoms with Crippen molar-refractivity contribution in [3.8, 4) is 6.19 Å². The number of nitrogens with two attached hydrogens (primary N) is 1. The van der Waals surface area contributed by atoms with Gasteiger partial charge in [-0.05, 0) is 11.0 Å². The maximum absolute atomic E-state index is 7.10. The lowest BCUT2D eigenvalue weighted by Crippen LogP contribution is -1.69. The number of halogens is 4. The van der Waals surface area contributed by atoms with Crippen LogP contribution in [0.3, 0.4) is 0 Å². The van der Waals surface area contributed by atoms with Crippen LogP contribution in [-0.2, 0) is 0 Å². The number of nitrogens with zero attached hydrogens (tertiary/aromatic N) is 1. The highest BCUT2D eigenvalue weighted by Crippen LogP contribution is 0.900. The van der Waals surface area contributed by atoms with Crippen molar-refractivity contribution in [2.45, 2.75) is 0 Å². The summed E-state index contributed by atoms with van der Waals surface area (Å²) in [5, 5.41) is 7.10. The van der Waals surface area contributed by atoms with E-state index in [2.05, 4.69) is 5.73 Å². The van der Waals surface area contributed by atoms with Crippen LogP contribution in [0.15, 0.2) is 0 Å². The molecule has 0 aliphatic heterocycles. The molecule has 0 aliphatic rings. The van der Waals surface area contributed by atoms with Gasteiger partial charge < -0.3 is 5.73 Å². The first-order chi connectivity index (χ1) is 1.41. The Balaban J connectivity index is -0.00000000200. The molecule has 2 nitrogen and oxygen atoms in total. The van der Waals surface area contributed by atoms with Crippen molar-refractivity contribution in [2.24, 2.45) is 5.73 Å². The minimum absolute atomic E-state index is 0. The van der Waals surface area contributed by atoms with Crippen LogP contribution in [0.1, 0.15) is 0 Å². The molecule has 0 aromatic carbocycles. The molecule has 7 heteroatoms. The van der Waals surface area contributed by atoms with Crippen molar-refractivity contribution < 1.29 is 0 Å². The van der Waals surface area contributed by atoms with E-state index in [4.69, 9.17) is 5.26 Å². The predicted molar refractivity (Wildman–Crippen MR) is 50.1 cm³/mol. The monoisotopic (exact) mass is 218 g/mol. The highest BCUT2D eigenvalue weighted by atomic mass is 35.5. The molecule has 0 amide bonds. The molecule has 2 N–H and O–H groups in total. The van der Waals surface area contributed by atoms with Crippen molar-refractivity contribution in [3.05, 3.63) is 0 Å². The Morgan fingerprint density at radius 1 is 1.00 bits per heavy atom. The molecule has 56 valence electrons. The van der Waals surface area contributed by atoms with Crippen LogP contribution in [-0.4, -0.2) is 11.0 Å². The summed E-state index contributed by atoms with van der Waals surface area (Å²) < 4.78 is 0. The maximum atomic E-state index is 7.10. The van der Waals surface area contributed by atoms with Crippen LogP contribution in [0.5, 0.6) is 0 Å². The fourth-order valence-corrected chi connectivity index (χ4v) is 0. The zero-order valence-electron chi connectivity index (χ0n) is 3.16. The molecule has 0 aromatic heterocycles. The molecule has 0 aliphatic carbocycles. The molecular weight excluding hydrogens is 210 g/mol. The number of hydrogen-bond donors (Lipinski definition) is 1. The van der Waals surface area contributed by atoms with E-state index in [-0.39, 0.29) is 60.6 Å². The highest BCUT2D eigenvalue weighted by Gasteiger charge is 1.12. The van der Waals surface area contributed by atoms with Gasteiger partial charge in [0.15, 0.2) is 6.19 Å². The Labute approximate surface area is 77.9 Å². The van der Waals surface area contributed by atoms with Gasteiger partial charge in [0.05, 0.1) is 0 Å². The molecule has 0 rings (SSSR count). The Morgan fingerprint density at radius 3 is 1.00 bits per heavy atom. The average molecular weight is 220 g/mol. The zero-order valence-corrected chi connectivity index (χ0v) is 6.42. The molecular formula is CH10Cl4N2Si. The van der Waals surface area contributed by atoms with Crippen LogP contribution in [0.25, 0.3) is 0 Å². The first kappa shape index (κ1) is 71.6. The quantitative estimate of drug-likeness (QED) is 0.345. The predicted octanol–water partition coefficient (Wildman–Crippen LogP) is -0.338. The van der Waals surface area contributed by atoms with Crippen LogP contribution in [0, 0.1) is 11.5 Å². The molecule has 8 heavy (non-hydrogen) atoms. The van der Waals surface area contributed by atoms with Gasteiger partial charge in [-0.25, -0.2) is 0 Å². The summed E-state index contributed by atoms with van der Waals surface area (Å²) in [6, 6.07) is 0. The van der Waals surface area contributed by atoms with Crippen molar-refractivity contribution in [1.29, 1.82) is 5.26 Å². The summed E-state index contributed by atoms with van der Waals surface area (Å²) in [6.45, 7) is 0. The summed E-state index contributed by atoms with van der Waals surface area (Å²) in [7, 11) is 0. The molecule has 0 saturated heterocycles. The summed E-state index contributed by atoms with van der Waals surface area (Å²) >= 11 is 0. The van der Waals surface area contributed by atoms with Crippen LogP contribution in [0.4, 0.5) is 0 Å². The molecule has 0 saturated carbocycles. The third-order valence-electron chi connectivity index (χ3n) is 0. The third kappa shape index (κ3) is 481. The molecule has 0 atom stereocenters. The molecule has 0 radical (unpaired) electrons. The second kappa shape index (κ2) is 123. The zero-order chi connectivity index (χ0) is 2.71. The summed E-state index contributed by atoms with van der Waals surface area (Å²) in [5.41, 5.74) is 4.15. The summed E-state index contributed by atoms with van der Waals surface area (Å²) in [6.07, 6.45) is 1.25. The van der Waals surface area contributed by atoms with Gasteiger partial charge in [0.25, 0.3) is 0 Å². The van der Waals surface area contributed by atoms with E-state index in [1.165, 1.54) is 6.19 Å². The Hall–Kier alpha value is 0.667. The van der Waals surface area contributed by atoms with E-state index >= 15 is 0 Å². The van der Waals surface area contributed by atoms with Gasteiger partial charge in [0.2, 0.25) is 0 Å². The fraction of sp³-hybridized carbons (Fsp3) is 0. The van der Waals surface area contributed by atoms with Crippen LogP contribution < -0.4 is 5.73 Å². The van der Waals surface area contributed by atoms with Crippen molar-refractivity contribution in [3.63, 3.8) is 0 Å². The number of hydrogen-bond acceptors (Lipinski definition) is 2. The SMILES string of the molecule is Cl.Cl.Cl.Cl.N#CN.[SiH4]. The highest BCUT2D eigenvalue weighted by molar-refractivity contribution is 5.86. The van der Waals surface area contributed by atoms with E-state index < -0.39 is 0 Å². The topological polar surface area (TPSA) is 49.8 Å². The van der Waals surface area contributed by atoms with Gasteiger partial charge in [0, 0.05) is 0 Å². The van der Waals surface area contributed by atoms with Gasteiger partial charge in [-0.3, -0.25) is 0 Å². The van der Waals surface area contributed by atoms with E-state index in [1.807, 2.05) is 0 Å². The smallest absolute Gasteiger partial charge is 0.173 e. The number of rotatable bonds is 0. The fourth-order valence-electron chi connectivity index (χ4n) is 0. The molecule has 0 bridgehead atoms. The Bertz CT molecular complexity index is 35.5. The van der Waals surface area contributed by atoms with E-state index in [9.17, 15) is 0 Å². The van der Waals surface area contributed by atoms with E-state index in [0.29, 0.717) is 0 Å². The lowest BCUT2D eigenvalue weighted by Gasteiger charge is -1.24. The Morgan fingerprint density at radius 2 is 1.00 bits per heavy atom. The van der Waals surface area contributed by atoms with Crippen molar-refractivity contribution in [1.82, 2.24) is 0 Å². The maximum Gasteiger partial charge on any atom is 0.173 e. The Kier molecular flexibility index (Phi) is 1100. The van der Waals surface area contributed by atoms with E-state index in [1.54, 1.807) is 0 Å². The largest absolute Gasteiger partial charge is 0.337 e. The van der Waals surface area contributed by atoms with Gasteiger partial charge in [0.1, 0.15) is 0 Å². The molecule has 0 unspecified atom stereocenters. The number of nitriles is 1. The normalized spacial score (nSPS) is 0.875. The second-order valence-electron chi connectivity index (χ2n) is 0.129. The first-order valence-corrected chi connectivity index (χ1v) is 0.512. The first-order valence-electron chi connectivity index (χ1n) is 0.512. The molecule has 0 fully saturated rings. The van der Waals surface area contributed by atoms with Gasteiger partial charge in [-0.2, -0.15) is 5.26 Å². The van der Waals surface area contributed by atoms with Crippen molar-refractivity contribution in [2.75, 3.05) is 0 Å². The lowest BCUT2D eigenvalue weighted by atomic mass is 11.5. The van der Waals surface area contributed by atoms with Crippen molar-refractivity contribution >= 4 is 60.6 Å². The van der Waals surface area contributed by atoms with Crippen LogP contribution >= 0.6 is 49.6 Å². The second-order valence-corrected chi connectivity index (χ2v) is 0.129. The standard InChI is InChI=1S/CH2N2.4ClH.H4Si/c2-1-3;;;;;/h2H2;4*1H;1H4. The minimum Gasteiger partial charge on any atom is -0.337 e. The summed E-state index contributed by atoms with van der Waals surface area (Å²) in [4.78, 5) is 0. The molecule has 0 aromatic rings. The lowest BCUT2D eigenvalue weighted by molar-refractivity contribution is 1.45. The van der Waals surface area contributed by atoms with Gasteiger partial charge >= 0.3 is 0 Å². The van der Waals surface area contributed by atoms with Crippen LogP contribution in [0.2, 0.25) is 0 Å².